The van der Waals surface area contributed by atoms with Crippen LogP contribution in [-0.2, 0) is 14.2 Å². The molecular formula is C9H21NO4. The van der Waals surface area contributed by atoms with E-state index in [9.17, 15) is 0 Å². The standard InChI is InChI=1S/C9H21NO4/c1-12-5-6-13-3-2-4-14-8-9(10)7-11/h9,11H,2-8,10H2,1H3. The first-order valence-electron chi connectivity index (χ1n) is 4.82. The molecule has 0 aliphatic rings. The zero-order valence-electron chi connectivity index (χ0n) is 8.78. The van der Waals surface area contributed by atoms with Gasteiger partial charge in [-0.3, -0.25) is 0 Å². The average Bonchev–Trinajstić information content (AvgIpc) is 2.21. The first kappa shape index (κ1) is 13.8. The Morgan fingerprint density at radius 3 is 2.50 bits per heavy atom. The number of aliphatic hydroxyl groups is 1. The van der Waals surface area contributed by atoms with E-state index < -0.39 is 0 Å². The number of hydrogen-bond acceptors (Lipinski definition) is 5. The van der Waals surface area contributed by atoms with Gasteiger partial charge in [0, 0.05) is 20.3 Å². The Morgan fingerprint density at radius 1 is 1.14 bits per heavy atom. The smallest absolute Gasteiger partial charge is 0.0700 e. The second kappa shape index (κ2) is 10.9. The van der Waals surface area contributed by atoms with Crippen LogP contribution < -0.4 is 5.73 Å². The normalized spacial score (nSPS) is 13.1. The maximum atomic E-state index is 8.59. The van der Waals surface area contributed by atoms with E-state index in [1.54, 1.807) is 7.11 Å². The summed E-state index contributed by atoms with van der Waals surface area (Å²) in [6, 6.07) is -0.274. The van der Waals surface area contributed by atoms with E-state index in [1.807, 2.05) is 0 Å². The second-order valence-corrected chi connectivity index (χ2v) is 2.98. The van der Waals surface area contributed by atoms with Crippen LogP contribution in [0.2, 0.25) is 0 Å². The van der Waals surface area contributed by atoms with E-state index in [0.29, 0.717) is 33.0 Å². The zero-order valence-corrected chi connectivity index (χ0v) is 8.78. The van der Waals surface area contributed by atoms with Crippen molar-refractivity contribution < 1.29 is 19.3 Å². The van der Waals surface area contributed by atoms with Crippen molar-refractivity contribution in [2.75, 3.05) is 46.8 Å². The van der Waals surface area contributed by atoms with Crippen molar-refractivity contribution in [2.45, 2.75) is 12.5 Å². The summed E-state index contributed by atoms with van der Waals surface area (Å²) in [6.07, 6.45) is 0.835. The van der Waals surface area contributed by atoms with E-state index >= 15 is 0 Å². The Bertz CT molecular complexity index is 113. The first-order valence-corrected chi connectivity index (χ1v) is 4.82. The van der Waals surface area contributed by atoms with Crippen molar-refractivity contribution in [3.05, 3.63) is 0 Å². The molecule has 5 heteroatoms. The number of hydrogen-bond donors (Lipinski definition) is 2. The van der Waals surface area contributed by atoms with Gasteiger partial charge in [-0.05, 0) is 6.42 Å². The Balaban J connectivity index is 2.92. The van der Waals surface area contributed by atoms with E-state index in [2.05, 4.69) is 0 Å². The number of nitrogens with two attached hydrogens (primary N) is 1. The monoisotopic (exact) mass is 207 g/mol. The van der Waals surface area contributed by atoms with Crippen LogP contribution in [0.1, 0.15) is 6.42 Å². The summed E-state index contributed by atoms with van der Waals surface area (Å²) in [4.78, 5) is 0. The van der Waals surface area contributed by atoms with Gasteiger partial charge in [0.1, 0.15) is 0 Å². The minimum atomic E-state index is -0.274. The van der Waals surface area contributed by atoms with Crippen LogP contribution in [0.5, 0.6) is 0 Å². The fourth-order valence-corrected chi connectivity index (χ4v) is 0.795. The Labute approximate surface area is 85.1 Å². The maximum Gasteiger partial charge on any atom is 0.0700 e. The van der Waals surface area contributed by atoms with E-state index in [0.717, 1.165) is 6.42 Å². The third-order valence-corrected chi connectivity index (χ3v) is 1.58. The Kier molecular flexibility index (Phi) is 10.7. The van der Waals surface area contributed by atoms with Gasteiger partial charge >= 0.3 is 0 Å². The van der Waals surface area contributed by atoms with Gasteiger partial charge in [-0.25, -0.2) is 0 Å². The zero-order chi connectivity index (χ0) is 10.6. The summed E-state index contributed by atoms with van der Waals surface area (Å²) in [7, 11) is 1.64. The van der Waals surface area contributed by atoms with Gasteiger partial charge in [0.25, 0.3) is 0 Å². The van der Waals surface area contributed by atoms with Crippen molar-refractivity contribution in [1.82, 2.24) is 0 Å². The predicted molar refractivity (Wildman–Crippen MR) is 53.2 cm³/mol. The van der Waals surface area contributed by atoms with Gasteiger partial charge in [0.05, 0.1) is 32.5 Å². The number of rotatable bonds is 10. The number of ether oxygens (including phenoxy) is 3. The first-order chi connectivity index (χ1) is 6.81. The van der Waals surface area contributed by atoms with Crippen LogP contribution in [-0.4, -0.2) is 57.9 Å². The minimum absolute atomic E-state index is 0.0374. The highest BCUT2D eigenvalue weighted by Gasteiger charge is 1.98. The van der Waals surface area contributed by atoms with Gasteiger partial charge in [-0.2, -0.15) is 0 Å². The quantitative estimate of drug-likeness (QED) is 0.467. The van der Waals surface area contributed by atoms with Crippen molar-refractivity contribution in [2.24, 2.45) is 5.73 Å². The topological polar surface area (TPSA) is 73.9 Å². The van der Waals surface area contributed by atoms with Crippen LogP contribution in [0.4, 0.5) is 0 Å². The molecule has 1 atom stereocenters. The lowest BCUT2D eigenvalue weighted by Gasteiger charge is -2.08. The molecule has 0 aliphatic heterocycles. The third kappa shape index (κ3) is 9.88. The van der Waals surface area contributed by atoms with Gasteiger partial charge in [0.2, 0.25) is 0 Å². The lowest BCUT2D eigenvalue weighted by molar-refractivity contribution is 0.0462. The fourth-order valence-electron chi connectivity index (χ4n) is 0.795. The molecule has 0 amide bonds. The molecular weight excluding hydrogens is 186 g/mol. The molecule has 1 unspecified atom stereocenters. The van der Waals surface area contributed by atoms with Gasteiger partial charge < -0.3 is 25.1 Å². The molecule has 86 valence electrons. The molecule has 0 aromatic heterocycles. The summed E-state index contributed by atoms with van der Waals surface area (Å²) in [5, 5.41) is 8.59. The van der Waals surface area contributed by atoms with Crippen LogP contribution in [0.25, 0.3) is 0 Å². The third-order valence-electron chi connectivity index (χ3n) is 1.58. The molecule has 0 rings (SSSR count). The fraction of sp³-hybridized carbons (Fsp3) is 1.00. The van der Waals surface area contributed by atoms with E-state index in [-0.39, 0.29) is 12.6 Å². The van der Waals surface area contributed by atoms with E-state index in [4.69, 9.17) is 25.1 Å². The van der Waals surface area contributed by atoms with Gasteiger partial charge in [-0.1, -0.05) is 0 Å². The average molecular weight is 207 g/mol. The molecule has 0 aromatic rings. The Morgan fingerprint density at radius 2 is 1.86 bits per heavy atom. The summed E-state index contributed by atoms with van der Waals surface area (Å²) in [5.74, 6) is 0. The summed E-state index contributed by atoms with van der Waals surface area (Å²) >= 11 is 0. The van der Waals surface area contributed by atoms with Crippen molar-refractivity contribution in [3.63, 3.8) is 0 Å². The van der Waals surface area contributed by atoms with Crippen molar-refractivity contribution in [1.29, 1.82) is 0 Å². The highest BCUT2D eigenvalue weighted by atomic mass is 16.5. The Hall–Kier alpha value is -0.200. The molecule has 0 fully saturated rings. The van der Waals surface area contributed by atoms with Crippen molar-refractivity contribution >= 4 is 0 Å². The predicted octanol–water partition coefficient (Wildman–Crippen LogP) is -0.624. The van der Waals surface area contributed by atoms with Crippen molar-refractivity contribution in [3.8, 4) is 0 Å². The molecule has 14 heavy (non-hydrogen) atoms. The molecule has 0 radical (unpaired) electrons. The van der Waals surface area contributed by atoms with Crippen LogP contribution in [0.15, 0.2) is 0 Å². The van der Waals surface area contributed by atoms with Gasteiger partial charge in [0.15, 0.2) is 0 Å². The number of methoxy groups -OCH3 is 1. The lowest BCUT2D eigenvalue weighted by atomic mass is 10.4. The molecule has 0 saturated heterocycles. The van der Waals surface area contributed by atoms with Crippen LogP contribution in [0, 0.1) is 0 Å². The highest BCUT2D eigenvalue weighted by molar-refractivity contribution is 4.55. The summed E-state index contributed by atoms with van der Waals surface area (Å²) in [6.45, 7) is 2.88. The molecule has 5 nitrogen and oxygen atoms in total. The molecule has 0 aliphatic carbocycles. The SMILES string of the molecule is COCCOCCCOCC(N)CO. The number of aliphatic hydroxyl groups excluding tert-OH is 1. The summed E-state index contributed by atoms with van der Waals surface area (Å²) in [5.41, 5.74) is 5.43. The molecule has 0 spiro atoms. The second-order valence-electron chi connectivity index (χ2n) is 2.98. The lowest BCUT2D eigenvalue weighted by Crippen LogP contribution is -2.30. The van der Waals surface area contributed by atoms with Gasteiger partial charge in [-0.15, -0.1) is 0 Å². The molecule has 0 bridgehead atoms. The summed E-state index contributed by atoms with van der Waals surface area (Å²) < 4.78 is 15.2. The largest absolute Gasteiger partial charge is 0.395 e. The van der Waals surface area contributed by atoms with E-state index in [1.165, 1.54) is 0 Å². The molecule has 0 heterocycles. The molecule has 0 saturated carbocycles. The molecule has 0 aromatic carbocycles. The van der Waals surface area contributed by atoms with Crippen LogP contribution >= 0.6 is 0 Å². The van der Waals surface area contributed by atoms with Crippen LogP contribution in [0.3, 0.4) is 0 Å². The maximum absolute atomic E-state index is 8.59. The highest BCUT2D eigenvalue weighted by Crippen LogP contribution is 1.87. The minimum Gasteiger partial charge on any atom is -0.395 e. The molecule has 3 N–H and O–H groups in total.